The molecule has 124 valence electrons. The highest BCUT2D eigenvalue weighted by Gasteiger charge is 2.54. The van der Waals surface area contributed by atoms with Gasteiger partial charge in [0.25, 0.3) is 0 Å². The van der Waals surface area contributed by atoms with Crippen LogP contribution in [-0.2, 0) is 33.2 Å². The third-order valence-electron chi connectivity index (χ3n) is 3.86. The van der Waals surface area contributed by atoms with Gasteiger partial charge in [0.1, 0.15) is 18.3 Å². The molecule has 0 unspecified atom stereocenters. The highest BCUT2D eigenvalue weighted by molar-refractivity contribution is 5.88. The van der Waals surface area contributed by atoms with Crippen molar-refractivity contribution in [2.75, 3.05) is 13.7 Å². The minimum Gasteiger partial charge on any atom is -0.490 e. The maximum absolute atomic E-state index is 11.7. The van der Waals surface area contributed by atoms with E-state index < -0.39 is 35.9 Å². The molecule has 7 nitrogen and oxygen atoms in total. The first-order chi connectivity index (χ1) is 10.2. The van der Waals surface area contributed by atoms with Crippen LogP contribution in [0.1, 0.15) is 27.7 Å². The van der Waals surface area contributed by atoms with Gasteiger partial charge in [-0.15, -0.1) is 0 Å². The Morgan fingerprint density at radius 1 is 1.09 bits per heavy atom. The van der Waals surface area contributed by atoms with E-state index in [1.165, 1.54) is 7.11 Å². The number of methoxy groups -OCH3 is 1. The maximum atomic E-state index is 11.7. The van der Waals surface area contributed by atoms with Gasteiger partial charge in [-0.1, -0.05) is 0 Å². The summed E-state index contributed by atoms with van der Waals surface area (Å²) in [5.41, 5.74) is 0. The molecule has 0 saturated carbocycles. The molecule has 3 aliphatic heterocycles. The summed E-state index contributed by atoms with van der Waals surface area (Å²) in [6, 6.07) is 0. The second-order valence-electron chi connectivity index (χ2n) is 6.54. The molecule has 0 N–H and O–H groups in total. The minimum absolute atomic E-state index is 0.181. The van der Waals surface area contributed by atoms with Crippen LogP contribution in [0.15, 0.2) is 11.8 Å². The Hall–Kier alpha value is -1.15. The Morgan fingerprint density at radius 2 is 1.77 bits per heavy atom. The smallest absolute Gasteiger partial charge is 0.374 e. The van der Waals surface area contributed by atoms with Gasteiger partial charge in [-0.3, -0.25) is 0 Å². The van der Waals surface area contributed by atoms with Crippen LogP contribution >= 0.6 is 0 Å². The molecular formula is C15H22O7. The fraction of sp³-hybridized carbons (Fsp3) is 0.800. The van der Waals surface area contributed by atoms with Gasteiger partial charge in [-0.25, -0.2) is 4.79 Å². The van der Waals surface area contributed by atoms with Gasteiger partial charge in [0.2, 0.25) is 5.76 Å². The maximum Gasteiger partial charge on any atom is 0.374 e. The molecule has 0 amide bonds. The van der Waals surface area contributed by atoms with Crippen molar-refractivity contribution < 1.29 is 33.2 Å². The van der Waals surface area contributed by atoms with Gasteiger partial charge in [-0.05, 0) is 27.7 Å². The predicted molar refractivity (Wildman–Crippen MR) is 73.7 cm³/mol. The van der Waals surface area contributed by atoms with Crippen LogP contribution in [-0.4, -0.2) is 55.7 Å². The first kappa shape index (κ1) is 15.7. The second-order valence-corrected chi connectivity index (χ2v) is 6.54. The molecule has 7 heteroatoms. The topological polar surface area (TPSA) is 72.5 Å². The zero-order chi connectivity index (χ0) is 16.1. The van der Waals surface area contributed by atoms with Crippen LogP contribution in [0.3, 0.4) is 0 Å². The predicted octanol–water partition coefficient (Wildman–Crippen LogP) is 1.11. The highest BCUT2D eigenvalue weighted by Crippen LogP contribution is 2.38. The summed E-state index contributed by atoms with van der Waals surface area (Å²) in [5, 5.41) is 0. The molecule has 4 atom stereocenters. The van der Waals surface area contributed by atoms with Gasteiger partial charge < -0.3 is 28.4 Å². The molecule has 0 aromatic carbocycles. The number of cyclic esters (lactones) is 1. The molecule has 2 fully saturated rings. The largest absolute Gasteiger partial charge is 0.490 e. The standard InChI is InChI=1S/C15H22O7/c1-14(2)18-7-10(20-14)12-11(21-15(3,4)22-12)8-6-9(17-5)13(16)19-8/h6,8,10-12H,7H2,1-5H3/t8-,10+,11+,12+/m0/s1. The Morgan fingerprint density at radius 3 is 2.32 bits per heavy atom. The van der Waals surface area contributed by atoms with Gasteiger partial charge in [0.05, 0.1) is 13.7 Å². The third-order valence-corrected chi connectivity index (χ3v) is 3.86. The van der Waals surface area contributed by atoms with E-state index >= 15 is 0 Å². The lowest BCUT2D eigenvalue weighted by molar-refractivity contribution is -0.175. The first-order valence-electron chi connectivity index (χ1n) is 7.35. The fourth-order valence-corrected chi connectivity index (χ4v) is 2.98. The minimum atomic E-state index is -0.790. The SMILES string of the molecule is COC1=C[C@@H]([C@H]2OC(C)(C)O[C@@H]2[C@H]2COC(C)(C)O2)OC1=O. The molecule has 0 bridgehead atoms. The molecule has 0 radical (unpaired) electrons. The summed E-state index contributed by atoms with van der Waals surface area (Å²) in [6.45, 7) is 7.73. The van der Waals surface area contributed by atoms with Crippen molar-refractivity contribution in [3.05, 3.63) is 11.8 Å². The van der Waals surface area contributed by atoms with E-state index in [1.54, 1.807) is 6.08 Å². The lowest BCUT2D eigenvalue weighted by Gasteiger charge is -2.25. The Kier molecular flexibility index (Phi) is 3.71. The molecule has 2 saturated heterocycles. The van der Waals surface area contributed by atoms with Crippen LogP contribution in [0.25, 0.3) is 0 Å². The second kappa shape index (κ2) is 5.19. The molecule has 0 aliphatic carbocycles. The summed E-state index contributed by atoms with van der Waals surface area (Å²) in [5.74, 6) is -1.77. The number of hydrogen-bond donors (Lipinski definition) is 0. The molecule has 0 spiro atoms. The summed E-state index contributed by atoms with van der Waals surface area (Å²) >= 11 is 0. The van der Waals surface area contributed by atoms with Gasteiger partial charge >= 0.3 is 5.97 Å². The zero-order valence-electron chi connectivity index (χ0n) is 13.5. The summed E-state index contributed by atoms with van der Waals surface area (Å²) < 4.78 is 33.7. The van der Waals surface area contributed by atoms with Crippen molar-refractivity contribution in [2.24, 2.45) is 0 Å². The Balaban J connectivity index is 1.79. The zero-order valence-corrected chi connectivity index (χ0v) is 13.5. The van der Waals surface area contributed by atoms with Crippen LogP contribution in [0.5, 0.6) is 0 Å². The van der Waals surface area contributed by atoms with Crippen molar-refractivity contribution in [3.8, 4) is 0 Å². The van der Waals surface area contributed by atoms with Crippen LogP contribution < -0.4 is 0 Å². The first-order valence-corrected chi connectivity index (χ1v) is 7.35. The quantitative estimate of drug-likeness (QED) is 0.723. The van der Waals surface area contributed by atoms with E-state index in [0.29, 0.717) is 6.61 Å². The number of carbonyl (C=O) groups excluding carboxylic acids is 1. The van der Waals surface area contributed by atoms with Crippen LogP contribution in [0, 0.1) is 0 Å². The van der Waals surface area contributed by atoms with Crippen LogP contribution in [0.4, 0.5) is 0 Å². The normalized spacial score (nSPS) is 39.7. The van der Waals surface area contributed by atoms with E-state index in [0.717, 1.165) is 0 Å². The van der Waals surface area contributed by atoms with Crippen molar-refractivity contribution in [2.45, 2.75) is 63.7 Å². The van der Waals surface area contributed by atoms with Crippen LogP contribution in [0.2, 0.25) is 0 Å². The molecular weight excluding hydrogens is 292 g/mol. The van der Waals surface area contributed by atoms with Crippen molar-refractivity contribution in [3.63, 3.8) is 0 Å². The summed E-state index contributed by atoms with van der Waals surface area (Å²) in [4.78, 5) is 11.7. The number of carbonyl (C=O) groups is 1. The lowest BCUT2D eigenvalue weighted by atomic mass is 10.0. The molecule has 0 aromatic rings. The lowest BCUT2D eigenvalue weighted by Crippen LogP contribution is -2.43. The van der Waals surface area contributed by atoms with Gasteiger partial charge in [0.15, 0.2) is 17.7 Å². The molecule has 0 aromatic heterocycles. The van der Waals surface area contributed by atoms with E-state index in [1.807, 2.05) is 27.7 Å². The number of ether oxygens (including phenoxy) is 6. The third kappa shape index (κ3) is 2.86. The van der Waals surface area contributed by atoms with Crippen molar-refractivity contribution >= 4 is 5.97 Å². The van der Waals surface area contributed by atoms with Gasteiger partial charge in [0, 0.05) is 6.08 Å². The fourth-order valence-electron chi connectivity index (χ4n) is 2.98. The number of esters is 1. The molecule has 3 aliphatic rings. The molecule has 22 heavy (non-hydrogen) atoms. The average molecular weight is 314 g/mol. The molecule has 3 rings (SSSR count). The summed E-state index contributed by atoms with van der Waals surface area (Å²) in [6.07, 6.45) is -0.121. The van der Waals surface area contributed by atoms with Crippen molar-refractivity contribution in [1.29, 1.82) is 0 Å². The van der Waals surface area contributed by atoms with Crippen molar-refractivity contribution in [1.82, 2.24) is 0 Å². The van der Waals surface area contributed by atoms with E-state index in [-0.39, 0.29) is 11.9 Å². The summed E-state index contributed by atoms with van der Waals surface area (Å²) in [7, 11) is 1.43. The number of hydrogen-bond acceptors (Lipinski definition) is 7. The monoisotopic (exact) mass is 314 g/mol. The van der Waals surface area contributed by atoms with E-state index in [2.05, 4.69) is 0 Å². The van der Waals surface area contributed by atoms with E-state index in [4.69, 9.17) is 28.4 Å². The number of rotatable bonds is 3. The van der Waals surface area contributed by atoms with Gasteiger partial charge in [-0.2, -0.15) is 0 Å². The Labute approximate surface area is 129 Å². The highest BCUT2D eigenvalue weighted by atomic mass is 16.8. The molecule has 3 heterocycles. The van der Waals surface area contributed by atoms with E-state index in [9.17, 15) is 4.79 Å². The average Bonchev–Trinajstić information content (AvgIpc) is 3.04. The Bertz CT molecular complexity index is 496.